The molecule has 0 amide bonds. The number of nitrogens with one attached hydrogen (secondary N) is 2. The third kappa shape index (κ3) is 3.76. The first-order chi connectivity index (χ1) is 9.04. The van der Waals surface area contributed by atoms with E-state index in [4.69, 9.17) is 12.2 Å². The number of benzene rings is 1. The summed E-state index contributed by atoms with van der Waals surface area (Å²) in [5.41, 5.74) is 4.63. The van der Waals surface area contributed by atoms with Gasteiger partial charge in [0.2, 0.25) is 0 Å². The molecule has 2 aromatic rings. The van der Waals surface area contributed by atoms with Gasteiger partial charge in [-0.15, -0.1) is 0 Å². The molecule has 0 aliphatic rings. The average molecular weight is 271 g/mol. The molecule has 0 saturated carbocycles. The molecule has 19 heavy (non-hydrogen) atoms. The summed E-state index contributed by atoms with van der Waals surface area (Å²) in [5, 5.41) is 6.78. The highest BCUT2D eigenvalue weighted by atomic mass is 32.1. The van der Waals surface area contributed by atoms with Gasteiger partial charge in [-0.1, -0.05) is 6.07 Å². The van der Waals surface area contributed by atoms with Crippen LogP contribution < -0.4 is 10.6 Å². The van der Waals surface area contributed by atoms with Crippen molar-refractivity contribution >= 4 is 28.8 Å². The molecule has 0 aliphatic carbocycles. The second-order valence-corrected chi connectivity index (χ2v) is 5.00. The number of thiocarbonyl (C=S) groups is 1. The van der Waals surface area contributed by atoms with Crippen LogP contribution in [0.1, 0.15) is 16.7 Å². The number of aryl methyl sites for hydroxylation is 3. The fourth-order valence-corrected chi connectivity index (χ4v) is 1.92. The molecule has 0 unspecified atom stereocenters. The van der Waals surface area contributed by atoms with Gasteiger partial charge in [-0.2, -0.15) is 0 Å². The van der Waals surface area contributed by atoms with Gasteiger partial charge >= 0.3 is 0 Å². The summed E-state index contributed by atoms with van der Waals surface area (Å²) in [5.74, 6) is 0.751. The highest BCUT2D eigenvalue weighted by Crippen LogP contribution is 2.14. The Morgan fingerprint density at radius 2 is 1.79 bits per heavy atom. The molecule has 0 fully saturated rings. The van der Waals surface area contributed by atoms with Crippen molar-refractivity contribution in [2.24, 2.45) is 0 Å². The summed E-state index contributed by atoms with van der Waals surface area (Å²) in [6.45, 7) is 6.19. The zero-order valence-corrected chi connectivity index (χ0v) is 12.1. The van der Waals surface area contributed by atoms with Crippen molar-refractivity contribution in [1.29, 1.82) is 0 Å². The van der Waals surface area contributed by atoms with Gasteiger partial charge in [0.15, 0.2) is 5.11 Å². The maximum absolute atomic E-state index is 5.28. The van der Waals surface area contributed by atoms with Crippen LogP contribution in [0.4, 0.5) is 11.5 Å². The Hall–Kier alpha value is -1.94. The lowest BCUT2D eigenvalue weighted by Gasteiger charge is -2.11. The standard InChI is InChI=1S/C15H17N3S/c1-10-6-7-16-14(8-10)18-15(19)17-13-5-4-11(2)12(3)9-13/h4-9H,1-3H3,(H2,16,17,18,19). The number of anilines is 2. The van der Waals surface area contributed by atoms with Gasteiger partial charge in [-0.25, -0.2) is 4.98 Å². The van der Waals surface area contributed by atoms with E-state index >= 15 is 0 Å². The van der Waals surface area contributed by atoms with Crippen molar-refractivity contribution in [2.75, 3.05) is 10.6 Å². The number of rotatable bonds is 2. The van der Waals surface area contributed by atoms with E-state index in [1.54, 1.807) is 6.20 Å². The Bertz CT molecular complexity index is 608. The molecule has 0 saturated heterocycles. The lowest BCUT2D eigenvalue weighted by Crippen LogP contribution is -2.19. The van der Waals surface area contributed by atoms with Crippen molar-refractivity contribution in [3.05, 3.63) is 53.2 Å². The van der Waals surface area contributed by atoms with Crippen LogP contribution >= 0.6 is 12.2 Å². The topological polar surface area (TPSA) is 37.0 Å². The third-order valence-corrected chi connectivity index (χ3v) is 3.13. The lowest BCUT2D eigenvalue weighted by molar-refractivity contribution is 1.28. The summed E-state index contributed by atoms with van der Waals surface area (Å²) in [6, 6.07) is 10.1. The van der Waals surface area contributed by atoms with Crippen molar-refractivity contribution in [1.82, 2.24) is 4.98 Å². The molecule has 98 valence electrons. The molecule has 0 radical (unpaired) electrons. The Balaban J connectivity index is 2.03. The molecule has 0 spiro atoms. The van der Waals surface area contributed by atoms with Crippen LogP contribution in [-0.2, 0) is 0 Å². The molecule has 1 heterocycles. The highest BCUT2D eigenvalue weighted by molar-refractivity contribution is 7.80. The normalized spacial score (nSPS) is 10.1. The van der Waals surface area contributed by atoms with Crippen molar-refractivity contribution in [3.8, 4) is 0 Å². The number of hydrogen-bond acceptors (Lipinski definition) is 2. The Morgan fingerprint density at radius 3 is 2.47 bits per heavy atom. The Kier molecular flexibility index (Phi) is 4.12. The molecule has 1 aromatic carbocycles. The van der Waals surface area contributed by atoms with E-state index in [2.05, 4.69) is 41.6 Å². The predicted molar refractivity (Wildman–Crippen MR) is 84.7 cm³/mol. The summed E-state index contributed by atoms with van der Waals surface area (Å²) < 4.78 is 0. The van der Waals surface area contributed by atoms with Gasteiger partial charge in [-0.3, -0.25) is 0 Å². The number of hydrogen-bond donors (Lipinski definition) is 2. The van der Waals surface area contributed by atoms with E-state index in [1.165, 1.54) is 11.1 Å². The van der Waals surface area contributed by atoms with E-state index in [0.717, 1.165) is 17.1 Å². The maximum Gasteiger partial charge on any atom is 0.176 e. The van der Waals surface area contributed by atoms with Crippen LogP contribution in [0.3, 0.4) is 0 Å². The van der Waals surface area contributed by atoms with Gasteiger partial charge in [0.1, 0.15) is 5.82 Å². The first-order valence-corrected chi connectivity index (χ1v) is 6.53. The van der Waals surface area contributed by atoms with Crippen LogP contribution in [-0.4, -0.2) is 10.1 Å². The molecule has 1 aromatic heterocycles. The molecule has 4 heteroatoms. The molecule has 2 rings (SSSR count). The minimum absolute atomic E-state index is 0.543. The van der Waals surface area contributed by atoms with Crippen molar-refractivity contribution in [3.63, 3.8) is 0 Å². The first kappa shape index (κ1) is 13.5. The van der Waals surface area contributed by atoms with Gasteiger partial charge in [0.05, 0.1) is 0 Å². The largest absolute Gasteiger partial charge is 0.332 e. The first-order valence-electron chi connectivity index (χ1n) is 6.12. The smallest absolute Gasteiger partial charge is 0.176 e. The van der Waals surface area contributed by atoms with Crippen LogP contribution in [0.25, 0.3) is 0 Å². The van der Waals surface area contributed by atoms with Crippen molar-refractivity contribution in [2.45, 2.75) is 20.8 Å². The van der Waals surface area contributed by atoms with Gasteiger partial charge in [-0.05, 0) is 73.9 Å². The Labute approximate surface area is 119 Å². The number of aromatic nitrogens is 1. The SMILES string of the molecule is Cc1ccnc(NC(=S)Nc2ccc(C)c(C)c2)c1. The predicted octanol–water partition coefficient (Wildman–Crippen LogP) is 3.82. The molecular weight excluding hydrogens is 254 g/mol. The third-order valence-electron chi connectivity index (χ3n) is 2.92. The summed E-state index contributed by atoms with van der Waals surface area (Å²) in [7, 11) is 0. The zero-order valence-electron chi connectivity index (χ0n) is 11.3. The van der Waals surface area contributed by atoms with E-state index in [9.17, 15) is 0 Å². The lowest BCUT2D eigenvalue weighted by atomic mass is 10.1. The van der Waals surface area contributed by atoms with Gasteiger partial charge < -0.3 is 10.6 Å². The van der Waals surface area contributed by atoms with Crippen molar-refractivity contribution < 1.29 is 0 Å². The van der Waals surface area contributed by atoms with Crippen LogP contribution in [0, 0.1) is 20.8 Å². The molecule has 0 bridgehead atoms. The highest BCUT2D eigenvalue weighted by Gasteiger charge is 2.01. The maximum atomic E-state index is 5.28. The van der Waals surface area contributed by atoms with E-state index in [0.29, 0.717) is 5.11 Å². The van der Waals surface area contributed by atoms with Gasteiger partial charge in [0, 0.05) is 11.9 Å². The van der Waals surface area contributed by atoms with Crippen LogP contribution in [0.2, 0.25) is 0 Å². The minimum atomic E-state index is 0.543. The summed E-state index contributed by atoms with van der Waals surface area (Å²) >= 11 is 5.28. The van der Waals surface area contributed by atoms with Crippen LogP contribution in [0.5, 0.6) is 0 Å². The second kappa shape index (κ2) is 5.80. The summed E-state index contributed by atoms with van der Waals surface area (Å²) in [6.07, 6.45) is 1.76. The van der Waals surface area contributed by atoms with E-state index in [1.807, 2.05) is 25.1 Å². The van der Waals surface area contributed by atoms with E-state index < -0.39 is 0 Å². The number of pyridine rings is 1. The molecule has 0 atom stereocenters. The van der Waals surface area contributed by atoms with Gasteiger partial charge in [0.25, 0.3) is 0 Å². The number of nitrogens with zero attached hydrogens (tertiary/aromatic N) is 1. The van der Waals surface area contributed by atoms with Crippen LogP contribution in [0.15, 0.2) is 36.5 Å². The second-order valence-electron chi connectivity index (χ2n) is 4.60. The minimum Gasteiger partial charge on any atom is -0.332 e. The molecule has 0 aliphatic heterocycles. The quantitative estimate of drug-likeness (QED) is 0.814. The fraction of sp³-hybridized carbons (Fsp3) is 0.200. The molecular formula is C15H17N3S. The Morgan fingerprint density at radius 1 is 1.00 bits per heavy atom. The average Bonchev–Trinajstić information content (AvgIpc) is 2.34. The molecule has 3 nitrogen and oxygen atoms in total. The zero-order chi connectivity index (χ0) is 13.8. The monoisotopic (exact) mass is 271 g/mol. The summed E-state index contributed by atoms with van der Waals surface area (Å²) in [4.78, 5) is 4.21. The van der Waals surface area contributed by atoms with E-state index in [-0.39, 0.29) is 0 Å². The fourth-order valence-electron chi connectivity index (χ4n) is 1.70. The molecule has 2 N–H and O–H groups in total.